The molecule has 0 aromatic heterocycles. The highest BCUT2D eigenvalue weighted by molar-refractivity contribution is 5.88. The zero-order valence-corrected chi connectivity index (χ0v) is 18.1. The van der Waals surface area contributed by atoms with E-state index in [-0.39, 0.29) is 18.4 Å². The molecule has 5 heteroatoms. The Balaban J connectivity index is 2.22. The normalized spacial score (nSPS) is 11.6. The van der Waals surface area contributed by atoms with Crippen LogP contribution in [0, 0.1) is 20.8 Å². The predicted molar refractivity (Wildman–Crippen MR) is 116 cm³/mol. The van der Waals surface area contributed by atoms with Crippen LogP contribution in [-0.4, -0.2) is 35.9 Å². The Morgan fingerprint density at radius 1 is 1.03 bits per heavy atom. The molecular weight excluding hydrogens is 364 g/mol. The van der Waals surface area contributed by atoms with E-state index in [0.717, 1.165) is 22.3 Å². The van der Waals surface area contributed by atoms with E-state index in [0.29, 0.717) is 25.3 Å². The van der Waals surface area contributed by atoms with Crippen molar-refractivity contribution in [2.45, 2.75) is 53.6 Å². The maximum atomic E-state index is 13.1. The van der Waals surface area contributed by atoms with E-state index in [1.54, 1.807) is 4.90 Å². The summed E-state index contributed by atoms with van der Waals surface area (Å²) in [6.07, 6.45) is 0.535. The molecule has 0 aliphatic carbocycles. The van der Waals surface area contributed by atoms with Crippen LogP contribution in [0.25, 0.3) is 0 Å². The molecule has 2 aromatic carbocycles. The number of carbonyl (C=O) groups is 2. The number of hydrogen-bond acceptors (Lipinski definition) is 3. The third-order valence-corrected chi connectivity index (χ3v) is 4.85. The number of likely N-dealkylation sites (N-methyl/N-ethyl adjacent to an activating group) is 1. The monoisotopic (exact) mass is 396 g/mol. The van der Waals surface area contributed by atoms with E-state index in [1.807, 2.05) is 77.1 Å². The molecule has 0 saturated carbocycles. The smallest absolute Gasteiger partial charge is 0.261 e. The summed E-state index contributed by atoms with van der Waals surface area (Å²) in [5.41, 5.74) is 4.24. The van der Waals surface area contributed by atoms with Crippen molar-refractivity contribution in [3.8, 4) is 5.75 Å². The molecule has 29 heavy (non-hydrogen) atoms. The Morgan fingerprint density at radius 3 is 2.38 bits per heavy atom. The molecule has 0 radical (unpaired) electrons. The van der Waals surface area contributed by atoms with Gasteiger partial charge in [0, 0.05) is 13.1 Å². The minimum atomic E-state index is -0.536. The van der Waals surface area contributed by atoms with Gasteiger partial charge >= 0.3 is 0 Å². The Bertz CT molecular complexity index is 848. The van der Waals surface area contributed by atoms with Crippen LogP contribution < -0.4 is 10.1 Å². The number of nitrogens with zero attached hydrogens (tertiary/aromatic N) is 1. The Kier molecular flexibility index (Phi) is 8.25. The predicted octanol–water partition coefficient (Wildman–Crippen LogP) is 3.93. The molecule has 0 heterocycles. The lowest BCUT2D eigenvalue weighted by Crippen LogP contribution is -2.50. The second-order valence-corrected chi connectivity index (χ2v) is 7.39. The van der Waals surface area contributed by atoms with Crippen LogP contribution in [0.4, 0.5) is 0 Å². The van der Waals surface area contributed by atoms with Gasteiger partial charge < -0.3 is 15.0 Å². The van der Waals surface area contributed by atoms with Gasteiger partial charge in [-0.25, -0.2) is 0 Å². The van der Waals surface area contributed by atoms with Crippen LogP contribution in [0.1, 0.15) is 42.5 Å². The SMILES string of the molecule is CCNC(=O)[C@@H](CC)N(Cc1cccc(C)c1)C(=O)COc1ccc(C)cc1C. The van der Waals surface area contributed by atoms with E-state index < -0.39 is 6.04 Å². The highest BCUT2D eigenvalue weighted by atomic mass is 16.5. The lowest BCUT2D eigenvalue weighted by molar-refractivity contribution is -0.142. The summed E-state index contributed by atoms with van der Waals surface area (Å²) in [6, 6.07) is 13.3. The van der Waals surface area contributed by atoms with E-state index in [9.17, 15) is 9.59 Å². The summed E-state index contributed by atoms with van der Waals surface area (Å²) >= 11 is 0. The fourth-order valence-electron chi connectivity index (χ4n) is 3.40. The molecule has 1 atom stereocenters. The maximum absolute atomic E-state index is 13.1. The van der Waals surface area contributed by atoms with Crippen LogP contribution in [0.2, 0.25) is 0 Å². The molecule has 156 valence electrons. The van der Waals surface area contributed by atoms with Crippen molar-refractivity contribution in [1.82, 2.24) is 10.2 Å². The molecule has 0 unspecified atom stereocenters. The summed E-state index contributed by atoms with van der Waals surface area (Å²) in [7, 11) is 0. The standard InChI is InChI=1S/C24H32N2O3/c1-6-21(24(28)25-7-2)26(15-20-10-8-9-17(3)14-20)23(27)16-29-22-12-11-18(4)13-19(22)5/h8-14,21H,6-7,15-16H2,1-5H3,(H,25,28)/t21-/m1/s1. The molecule has 0 saturated heterocycles. The molecule has 0 aliphatic heterocycles. The molecule has 5 nitrogen and oxygen atoms in total. The fourth-order valence-corrected chi connectivity index (χ4v) is 3.40. The average molecular weight is 397 g/mol. The number of carbonyl (C=O) groups excluding carboxylic acids is 2. The maximum Gasteiger partial charge on any atom is 0.261 e. The number of hydrogen-bond donors (Lipinski definition) is 1. The van der Waals surface area contributed by atoms with Crippen molar-refractivity contribution < 1.29 is 14.3 Å². The average Bonchev–Trinajstić information content (AvgIpc) is 2.67. The Hall–Kier alpha value is -2.82. The van der Waals surface area contributed by atoms with Gasteiger partial charge in [-0.1, -0.05) is 54.4 Å². The molecule has 0 bridgehead atoms. The Labute approximate surface area is 174 Å². The van der Waals surface area contributed by atoms with Crippen LogP contribution in [0.3, 0.4) is 0 Å². The third-order valence-electron chi connectivity index (χ3n) is 4.85. The quantitative estimate of drug-likeness (QED) is 0.699. The van der Waals surface area contributed by atoms with Gasteiger partial charge in [0.25, 0.3) is 5.91 Å². The summed E-state index contributed by atoms with van der Waals surface area (Å²) in [4.78, 5) is 27.3. The van der Waals surface area contributed by atoms with Gasteiger partial charge in [-0.2, -0.15) is 0 Å². The Morgan fingerprint density at radius 2 is 1.76 bits per heavy atom. The first kappa shape index (κ1) is 22.5. The van der Waals surface area contributed by atoms with Crippen molar-refractivity contribution in [3.63, 3.8) is 0 Å². The number of aryl methyl sites for hydroxylation is 3. The summed E-state index contributed by atoms with van der Waals surface area (Å²) in [6.45, 7) is 10.6. The first-order valence-corrected chi connectivity index (χ1v) is 10.2. The number of amides is 2. The van der Waals surface area contributed by atoms with Crippen LogP contribution in [-0.2, 0) is 16.1 Å². The van der Waals surface area contributed by atoms with Crippen molar-refractivity contribution in [1.29, 1.82) is 0 Å². The van der Waals surface area contributed by atoms with Gasteiger partial charge in [-0.15, -0.1) is 0 Å². The summed E-state index contributed by atoms with van der Waals surface area (Å²) in [5, 5.41) is 2.84. The molecule has 2 amide bonds. The minimum absolute atomic E-state index is 0.106. The number of nitrogens with one attached hydrogen (secondary N) is 1. The van der Waals surface area contributed by atoms with Crippen molar-refractivity contribution >= 4 is 11.8 Å². The minimum Gasteiger partial charge on any atom is -0.483 e. The summed E-state index contributed by atoms with van der Waals surface area (Å²) in [5.74, 6) is 0.345. The van der Waals surface area contributed by atoms with E-state index in [2.05, 4.69) is 5.32 Å². The van der Waals surface area contributed by atoms with E-state index in [1.165, 1.54) is 0 Å². The zero-order valence-electron chi connectivity index (χ0n) is 18.1. The summed E-state index contributed by atoms with van der Waals surface area (Å²) < 4.78 is 5.81. The fraction of sp³-hybridized carbons (Fsp3) is 0.417. The molecular formula is C24H32N2O3. The van der Waals surface area contributed by atoms with Crippen LogP contribution in [0.15, 0.2) is 42.5 Å². The molecule has 2 rings (SSSR count). The van der Waals surface area contributed by atoms with Gasteiger partial charge in [-0.3, -0.25) is 9.59 Å². The van der Waals surface area contributed by atoms with Crippen molar-refractivity contribution in [2.75, 3.05) is 13.2 Å². The molecule has 0 fully saturated rings. The van der Waals surface area contributed by atoms with E-state index in [4.69, 9.17) is 4.74 Å². The molecule has 1 N–H and O–H groups in total. The van der Waals surface area contributed by atoms with Crippen molar-refractivity contribution in [2.24, 2.45) is 0 Å². The van der Waals surface area contributed by atoms with Gasteiger partial charge in [0.15, 0.2) is 6.61 Å². The van der Waals surface area contributed by atoms with Gasteiger partial charge in [-0.05, 0) is 51.3 Å². The van der Waals surface area contributed by atoms with Gasteiger partial charge in [0.2, 0.25) is 5.91 Å². The lowest BCUT2D eigenvalue weighted by atomic mass is 10.1. The zero-order chi connectivity index (χ0) is 21.4. The first-order chi connectivity index (χ1) is 13.8. The second kappa shape index (κ2) is 10.6. The highest BCUT2D eigenvalue weighted by Crippen LogP contribution is 2.20. The highest BCUT2D eigenvalue weighted by Gasteiger charge is 2.28. The largest absolute Gasteiger partial charge is 0.483 e. The second-order valence-electron chi connectivity index (χ2n) is 7.39. The van der Waals surface area contributed by atoms with Crippen LogP contribution >= 0.6 is 0 Å². The van der Waals surface area contributed by atoms with Gasteiger partial charge in [0.1, 0.15) is 11.8 Å². The lowest BCUT2D eigenvalue weighted by Gasteiger charge is -2.30. The third kappa shape index (κ3) is 6.34. The van der Waals surface area contributed by atoms with E-state index >= 15 is 0 Å². The molecule has 0 aliphatic rings. The molecule has 2 aromatic rings. The number of ether oxygens (including phenoxy) is 1. The first-order valence-electron chi connectivity index (χ1n) is 10.2. The van der Waals surface area contributed by atoms with Crippen molar-refractivity contribution in [3.05, 3.63) is 64.7 Å². The molecule has 0 spiro atoms. The topological polar surface area (TPSA) is 58.6 Å². The number of rotatable bonds is 9. The van der Waals surface area contributed by atoms with Gasteiger partial charge in [0.05, 0.1) is 0 Å². The van der Waals surface area contributed by atoms with Crippen LogP contribution in [0.5, 0.6) is 5.75 Å². The number of benzene rings is 2.